The van der Waals surface area contributed by atoms with Crippen molar-refractivity contribution in [2.75, 3.05) is 25.1 Å². The molecule has 2 rings (SSSR count). The van der Waals surface area contributed by atoms with E-state index in [1.807, 2.05) is 18.3 Å². The Kier molecular flexibility index (Phi) is 5.39. The highest BCUT2D eigenvalue weighted by atomic mass is 16.5. The molecule has 1 heterocycles. The molecule has 0 radical (unpaired) electrons. The van der Waals surface area contributed by atoms with E-state index in [1.54, 1.807) is 7.11 Å². The Morgan fingerprint density at radius 2 is 2.00 bits per heavy atom. The zero-order valence-electron chi connectivity index (χ0n) is 13.2. The van der Waals surface area contributed by atoms with Gasteiger partial charge in [-0.05, 0) is 36.4 Å². The number of aromatic nitrogens is 1. The number of benzene rings is 1. The van der Waals surface area contributed by atoms with Crippen molar-refractivity contribution in [1.29, 1.82) is 0 Å². The van der Waals surface area contributed by atoms with Gasteiger partial charge in [0.1, 0.15) is 11.6 Å². The fourth-order valence-corrected chi connectivity index (χ4v) is 2.82. The molecule has 1 aromatic heterocycles. The van der Waals surface area contributed by atoms with Gasteiger partial charge in [0.25, 0.3) is 0 Å². The average molecular weight is 287 g/mol. The molecule has 0 aliphatic rings. The van der Waals surface area contributed by atoms with Crippen molar-refractivity contribution in [1.82, 2.24) is 4.98 Å². The van der Waals surface area contributed by atoms with Gasteiger partial charge in [0.2, 0.25) is 0 Å². The van der Waals surface area contributed by atoms with Crippen LogP contribution >= 0.6 is 0 Å². The first-order valence-electron chi connectivity index (χ1n) is 7.64. The number of rotatable bonds is 7. The van der Waals surface area contributed by atoms with E-state index in [0.29, 0.717) is 12.6 Å². The van der Waals surface area contributed by atoms with Gasteiger partial charge in [0.05, 0.1) is 7.11 Å². The maximum atomic E-state index is 5.82. The first kappa shape index (κ1) is 15.6. The molecular weight excluding hydrogens is 262 g/mol. The number of methoxy groups -OCH3 is 1. The molecule has 114 valence electrons. The molecule has 0 aliphatic heterocycles. The number of fused-ring (bicyclic) bond motifs is 1. The van der Waals surface area contributed by atoms with Crippen LogP contribution in [-0.4, -0.2) is 31.2 Å². The lowest BCUT2D eigenvalue weighted by Crippen LogP contribution is -2.39. The molecule has 1 aromatic carbocycles. The second-order valence-corrected chi connectivity index (χ2v) is 5.17. The second-order valence-electron chi connectivity index (χ2n) is 5.17. The number of nitrogens with zero attached hydrogens (tertiary/aromatic N) is 2. The quantitative estimate of drug-likeness (QED) is 0.849. The molecular formula is C17H25N3O. The molecule has 2 N–H and O–H groups in total. The number of hydrogen-bond donors (Lipinski definition) is 1. The Balaban J connectivity index is 2.55. The smallest absolute Gasteiger partial charge is 0.136 e. The molecule has 2 aromatic rings. The van der Waals surface area contributed by atoms with E-state index in [9.17, 15) is 0 Å². The predicted molar refractivity (Wildman–Crippen MR) is 89.1 cm³/mol. The van der Waals surface area contributed by atoms with Crippen molar-refractivity contribution < 1.29 is 4.74 Å². The number of hydrogen-bond acceptors (Lipinski definition) is 4. The van der Waals surface area contributed by atoms with E-state index in [1.165, 1.54) is 5.39 Å². The molecule has 4 nitrogen and oxygen atoms in total. The average Bonchev–Trinajstić information content (AvgIpc) is 2.54. The van der Waals surface area contributed by atoms with E-state index < -0.39 is 0 Å². The van der Waals surface area contributed by atoms with E-state index in [0.717, 1.165) is 36.3 Å². The van der Waals surface area contributed by atoms with Crippen LogP contribution in [0, 0.1) is 0 Å². The fourth-order valence-electron chi connectivity index (χ4n) is 2.82. The summed E-state index contributed by atoms with van der Waals surface area (Å²) in [5.41, 5.74) is 5.82. The highest BCUT2D eigenvalue weighted by Crippen LogP contribution is 2.30. The number of anilines is 1. The van der Waals surface area contributed by atoms with Crippen LogP contribution < -0.4 is 15.4 Å². The van der Waals surface area contributed by atoms with Gasteiger partial charge < -0.3 is 15.4 Å². The van der Waals surface area contributed by atoms with Crippen LogP contribution in [0.2, 0.25) is 0 Å². The Hall–Kier alpha value is -1.81. The maximum Gasteiger partial charge on any atom is 0.136 e. The Morgan fingerprint density at radius 3 is 2.62 bits per heavy atom. The third-order valence-electron chi connectivity index (χ3n) is 3.98. The van der Waals surface area contributed by atoms with Crippen molar-refractivity contribution in [2.24, 2.45) is 5.73 Å². The zero-order chi connectivity index (χ0) is 15.2. The summed E-state index contributed by atoms with van der Waals surface area (Å²) in [6.45, 7) is 5.86. The summed E-state index contributed by atoms with van der Waals surface area (Å²) in [4.78, 5) is 6.97. The van der Waals surface area contributed by atoms with Crippen LogP contribution in [0.1, 0.15) is 26.7 Å². The minimum absolute atomic E-state index is 0.456. The van der Waals surface area contributed by atoms with Crippen LogP contribution in [0.3, 0.4) is 0 Å². The van der Waals surface area contributed by atoms with Gasteiger partial charge in [-0.3, -0.25) is 0 Å². The molecule has 0 saturated carbocycles. The van der Waals surface area contributed by atoms with E-state index in [-0.39, 0.29) is 0 Å². The van der Waals surface area contributed by atoms with Gasteiger partial charge in [-0.15, -0.1) is 0 Å². The van der Waals surface area contributed by atoms with Gasteiger partial charge in [-0.25, -0.2) is 4.98 Å². The standard InChI is InChI=1S/C17H25N3O/c1-4-14(5-2)20(11-9-18)17-16-12-15(21-3)7-6-13(16)8-10-19-17/h6-8,10,12,14H,4-5,9,11,18H2,1-3H3. The van der Waals surface area contributed by atoms with Crippen LogP contribution in [0.25, 0.3) is 10.8 Å². The molecule has 0 atom stereocenters. The summed E-state index contributed by atoms with van der Waals surface area (Å²) in [6.07, 6.45) is 4.03. The molecule has 0 spiro atoms. The van der Waals surface area contributed by atoms with Crippen molar-refractivity contribution >= 4 is 16.6 Å². The van der Waals surface area contributed by atoms with Crippen molar-refractivity contribution in [3.05, 3.63) is 30.5 Å². The molecule has 21 heavy (non-hydrogen) atoms. The van der Waals surface area contributed by atoms with Crippen molar-refractivity contribution in [3.8, 4) is 5.75 Å². The third-order valence-corrected chi connectivity index (χ3v) is 3.98. The SMILES string of the molecule is CCC(CC)N(CCN)c1nccc2ccc(OC)cc12. The number of ether oxygens (including phenoxy) is 1. The Morgan fingerprint density at radius 1 is 1.24 bits per heavy atom. The molecule has 0 amide bonds. The molecule has 0 unspecified atom stereocenters. The summed E-state index contributed by atoms with van der Waals surface area (Å²) in [6, 6.07) is 8.61. The van der Waals surface area contributed by atoms with Gasteiger partial charge in [0, 0.05) is 30.7 Å². The first-order chi connectivity index (χ1) is 10.2. The summed E-state index contributed by atoms with van der Waals surface area (Å²) in [5.74, 6) is 1.86. The van der Waals surface area contributed by atoms with Crippen LogP contribution in [0.5, 0.6) is 5.75 Å². The normalized spacial score (nSPS) is 11.1. The summed E-state index contributed by atoms with van der Waals surface area (Å²) in [5, 5.41) is 2.30. The highest BCUT2D eigenvalue weighted by molar-refractivity contribution is 5.93. The third kappa shape index (κ3) is 3.27. The Labute approximate surface area is 126 Å². The molecule has 0 fully saturated rings. The summed E-state index contributed by atoms with van der Waals surface area (Å²) >= 11 is 0. The van der Waals surface area contributed by atoms with Crippen LogP contribution in [0.4, 0.5) is 5.82 Å². The van der Waals surface area contributed by atoms with Gasteiger partial charge in [0.15, 0.2) is 0 Å². The van der Waals surface area contributed by atoms with Gasteiger partial charge >= 0.3 is 0 Å². The maximum absolute atomic E-state index is 5.82. The predicted octanol–water partition coefficient (Wildman–Crippen LogP) is 3.20. The topological polar surface area (TPSA) is 51.4 Å². The zero-order valence-corrected chi connectivity index (χ0v) is 13.2. The summed E-state index contributed by atoms with van der Waals surface area (Å²) < 4.78 is 5.36. The molecule has 0 bridgehead atoms. The molecule has 0 saturated heterocycles. The minimum Gasteiger partial charge on any atom is -0.497 e. The van der Waals surface area contributed by atoms with Gasteiger partial charge in [-0.2, -0.15) is 0 Å². The number of nitrogens with two attached hydrogens (primary N) is 1. The van der Waals surface area contributed by atoms with Crippen molar-refractivity contribution in [2.45, 2.75) is 32.7 Å². The summed E-state index contributed by atoms with van der Waals surface area (Å²) in [7, 11) is 1.69. The van der Waals surface area contributed by atoms with Crippen LogP contribution in [-0.2, 0) is 0 Å². The van der Waals surface area contributed by atoms with Crippen molar-refractivity contribution in [3.63, 3.8) is 0 Å². The van der Waals surface area contributed by atoms with E-state index in [4.69, 9.17) is 10.5 Å². The monoisotopic (exact) mass is 287 g/mol. The van der Waals surface area contributed by atoms with Gasteiger partial charge in [-0.1, -0.05) is 19.9 Å². The Bertz CT molecular complexity index is 581. The fraction of sp³-hybridized carbons (Fsp3) is 0.471. The van der Waals surface area contributed by atoms with E-state index >= 15 is 0 Å². The minimum atomic E-state index is 0.456. The van der Waals surface area contributed by atoms with Crippen LogP contribution in [0.15, 0.2) is 30.5 Å². The lowest BCUT2D eigenvalue weighted by atomic mass is 10.1. The molecule has 0 aliphatic carbocycles. The largest absolute Gasteiger partial charge is 0.497 e. The highest BCUT2D eigenvalue weighted by Gasteiger charge is 2.18. The number of pyridine rings is 1. The first-order valence-corrected chi connectivity index (χ1v) is 7.64. The second kappa shape index (κ2) is 7.27. The lowest BCUT2D eigenvalue weighted by Gasteiger charge is -2.32. The lowest BCUT2D eigenvalue weighted by molar-refractivity contribution is 0.415. The van der Waals surface area contributed by atoms with E-state index in [2.05, 4.69) is 35.9 Å². The molecule has 4 heteroatoms.